The van der Waals surface area contributed by atoms with Crippen molar-refractivity contribution in [1.29, 1.82) is 0 Å². The minimum Gasteiger partial charge on any atom is -0.474 e. The molecular formula is C23H30N4O3S2. The van der Waals surface area contributed by atoms with Gasteiger partial charge in [0.2, 0.25) is 5.88 Å². The van der Waals surface area contributed by atoms with E-state index in [9.17, 15) is 0 Å². The summed E-state index contributed by atoms with van der Waals surface area (Å²) >= 11 is 3.18. The number of thioether (sulfide) groups is 1. The zero-order valence-corrected chi connectivity index (χ0v) is 21.0. The van der Waals surface area contributed by atoms with Crippen LogP contribution >= 0.6 is 23.1 Å². The molecule has 0 amide bonds. The van der Waals surface area contributed by atoms with Crippen LogP contribution in [0.3, 0.4) is 0 Å². The summed E-state index contributed by atoms with van der Waals surface area (Å²) in [6, 6.07) is 0. The summed E-state index contributed by atoms with van der Waals surface area (Å²) in [6.45, 7) is 12.2. The van der Waals surface area contributed by atoms with Gasteiger partial charge in [-0.2, -0.15) is 4.98 Å². The van der Waals surface area contributed by atoms with E-state index in [2.05, 4.69) is 32.6 Å². The molecule has 1 saturated heterocycles. The highest BCUT2D eigenvalue weighted by atomic mass is 32.2. The number of aromatic nitrogens is 3. The first-order valence-electron chi connectivity index (χ1n) is 11.2. The lowest BCUT2D eigenvalue weighted by Crippen LogP contribution is -2.39. The smallest absolute Gasteiger partial charge is 0.236 e. The van der Waals surface area contributed by atoms with Gasteiger partial charge >= 0.3 is 0 Å². The Bertz CT molecular complexity index is 1160. The maximum Gasteiger partial charge on any atom is 0.236 e. The molecule has 5 heterocycles. The molecule has 0 radical (unpaired) electrons. The van der Waals surface area contributed by atoms with Gasteiger partial charge in [0.1, 0.15) is 15.3 Å². The molecule has 2 aliphatic rings. The van der Waals surface area contributed by atoms with Crippen LogP contribution in [-0.4, -0.2) is 59.2 Å². The molecule has 3 aromatic heterocycles. The molecule has 0 aliphatic carbocycles. The molecule has 0 N–H and O–H groups in total. The Labute approximate surface area is 196 Å². The molecule has 0 aromatic carbocycles. The van der Waals surface area contributed by atoms with Crippen LogP contribution in [0.5, 0.6) is 5.88 Å². The van der Waals surface area contributed by atoms with Gasteiger partial charge in [-0.3, -0.25) is 0 Å². The third-order valence-electron chi connectivity index (χ3n) is 6.20. The van der Waals surface area contributed by atoms with Crippen molar-refractivity contribution in [1.82, 2.24) is 15.0 Å². The predicted octanol–water partition coefficient (Wildman–Crippen LogP) is 4.83. The summed E-state index contributed by atoms with van der Waals surface area (Å²) in [4.78, 5) is 18.2. The molecule has 1 atom stereocenters. The third-order valence-corrected chi connectivity index (χ3v) is 7.81. The van der Waals surface area contributed by atoms with Crippen LogP contribution in [0.4, 0.5) is 5.82 Å². The SMILES string of the molecule is CC[C@H](C)Oc1nc(SC)nc2c1sc1nc(N3CCOCC3)c3c(c12)CC(C)(C)OC3. The monoisotopic (exact) mass is 474 g/mol. The Morgan fingerprint density at radius 2 is 1.97 bits per heavy atom. The number of anilines is 1. The van der Waals surface area contributed by atoms with E-state index < -0.39 is 0 Å². The molecule has 32 heavy (non-hydrogen) atoms. The van der Waals surface area contributed by atoms with E-state index in [1.807, 2.05) is 6.26 Å². The topological polar surface area (TPSA) is 69.6 Å². The molecule has 0 saturated carbocycles. The number of ether oxygens (including phenoxy) is 3. The molecule has 172 valence electrons. The van der Waals surface area contributed by atoms with Crippen molar-refractivity contribution in [3.63, 3.8) is 0 Å². The maximum absolute atomic E-state index is 6.25. The lowest BCUT2D eigenvalue weighted by atomic mass is 9.90. The number of pyridine rings is 1. The molecule has 1 fully saturated rings. The Balaban J connectivity index is 1.78. The highest BCUT2D eigenvalue weighted by Gasteiger charge is 2.33. The Morgan fingerprint density at radius 1 is 1.19 bits per heavy atom. The van der Waals surface area contributed by atoms with Gasteiger partial charge in [-0.25, -0.2) is 9.97 Å². The predicted molar refractivity (Wildman–Crippen MR) is 130 cm³/mol. The number of hydrogen-bond donors (Lipinski definition) is 0. The second-order valence-electron chi connectivity index (χ2n) is 9.03. The van der Waals surface area contributed by atoms with Crippen molar-refractivity contribution in [3.8, 4) is 5.88 Å². The number of thiophene rings is 1. The summed E-state index contributed by atoms with van der Waals surface area (Å²) in [5, 5.41) is 1.87. The van der Waals surface area contributed by atoms with E-state index in [0.717, 1.165) is 70.6 Å². The van der Waals surface area contributed by atoms with Crippen LogP contribution in [0.25, 0.3) is 20.4 Å². The summed E-state index contributed by atoms with van der Waals surface area (Å²) in [5.41, 5.74) is 3.22. The van der Waals surface area contributed by atoms with Gasteiger partial charge in [-0.1, -0.05) is 18.7 Å². The average molecular weight is 475 g/mol. The fourth-order valence-electron chi connectivity index (χ4n) is 4.29. The van der Waals surface area contributed by atoms with Crippen molar-refractivity contribution in [2.45, 2.75) is 64.0 Å². The van der Waals surface area contributed by atoms with Gasteiger partial charge in [0.25, 0.3) is 0 Å². The lowest BCUT2D eigenvalue weighted by molar-refractivity contribution is -0.0396. The second-order valence-corrected chi connectivity index (χ2v) is 10.8. The molecule has 0 unspecified atom stereocenters. The first kappa shape index (κ1) is 22.1. The van der Waals surface area contributed by atoms with Crippen molar-refractivity contribution < 1.29 is 14.2 Å². The third kappa shape index (κ3) is 3.93. The first-order chi connectivity index (χ1) is 15.4. The molecule has 3 aromatic rings. The van der Waals surface area contributed by atoms with Crippen molar-refractivity contribution >= 4 is 49.3 Å². The second kappa shape index (κ2) is 8.59. The fourth-order valence-corrected chi connectivity index (χ4v) is 5.72. The summed E-state index contributed by atoms with van der Waals surface area (Å²) < 4.78 is 19.1. The average Bonchev–Trinajstić information content (AvgIpc) is 3.17. The van der Waals surface area contributed by atoms with Crippen LogP contribution in [-0.2, 0) is 22.5 Å². The van der Waals surface area contributed by atoms with Crippen molar-refractivity contribution in [3.05, 3.63) is 11.1 Å². The summed E-state index contributed by atoms with van der Waals surface area (Å²) in [6.07, 6.45) is 3.84. The minimum atomic E-state index is -0.233. The summed E-state index contributed by atoms with van der Waals surface area (Å²) in [5.74, 6) is 1.70. The first-order valence-corrected chi connectivity index (χ1v) is 13.3. The van der Waals surface area contributed by atoms with E-state index in [1.54, 1.807) is 23.1 Å². The zero-order valence-electron chi connectivity index (χ0n) is 19.4. The van der Waals surface area contributed by atoms with Gasteiger partial charge < -0.3 is 19.1 Å². The standard InChI is InChI=1S/C23H30N4O3S2/c1-6-13(2)30-20-18-17(24-22(26-20)31-5)16-14-11-23(3,4)29-12-15(14)19(25-21(16)32-18)27-7-9-28-10-8-27/h13H,6-12H2,1-5H3/t13-/m0/s1. The Kier molecular flexibility index (Phi) is 5.94. The van der Waals surface area contributed by atoms with Crippen molar-refractivity contribution in [2.75, 3.05) is 37.5 Å². The molecule has 2 aliphatic heterocycles. The zero-order chi connectivity index (χ0) is 22.5. The van der Waals surface area contributed by atoms with Crippen molar-refractivity contribution in [2.24, 2.45) is 0 Å². The number of fused-ring (bicyclic) bond motifs is 5. The highest BCUT2D eigenvalue weighted by Crippen LogP contribution is 2.45. The molecule has 0 bridgehead atoms. The van der Waals surface area contributed by atoms with Gasteiger partial charge in [0, 0.05) is 30.5 Å². The maximum atomic E-state index is 6.25. The number of rotatable bonds is 5. The normalized spacial score (nSPS) is 19.3. The van der Waals surface area contributed by atoms with E-state index >= 15 is 0 Å². The number of hydrogen-bond acceptors (Lipinski definition) is 9. The highest BCUT2D eigenvalue weighted by molar-refractivity contribution is 7.98. The lowest BCUT2D eigenvalue weighted by Gasteiger charge is -2.36. The summed E-state index contributed by atoms with van der Waals surface area (Å²) in [7, 11) is 0. The molecule has 7 nitrogen and oxygen atoms in total. The van der Waals surface area contributed by atoms with Gasteiger partial charge in [0.15, 0.2) is 5.16 Å². The molecular weight excluding hydrogens is 444 g/mol. The fraction of sp³-hybridized carbons (Fsp3) is 0.609. The molecule has 9 heteroatoms. The van der Waals surface area contributed by atoms with Crippen LogP contribution in [0, 0.1) is 0 Å². The van der Waals surface area contributed by atoms with Crippen LogP contribution < -0.4 is 9.64 Å². The van der Waals surface area contributed by atoms with E-state index in [4.69, 9.17) is 29.2 Å². The molecule has 0 spiro atoms. The van der Waals surface area contributed by atoms with Crippen LogP contribution in [0.1, 0.15) is 45.2 Å². The van der Waals surface area contributed by atoms with E-state index in [1.165, 1.54) is 11.1 Å². The van der Waals surface area contributed by atoms with Crippen LogP contribution in [0.15, 0.2) is 5.16 Å². The quantitative estimate of drug-likeness (QED) is 0.385. The van der Waals surface area contributed by atoms with Gasteiger partial charge in [-0.05, 0) is 39.0 Å². The van der Waals surface area contributed by atoms with E-state index in [-0.39, 0.29) is 11.7 Å². The largest absolute Gasteiger partial charge is 0.474 e. The number of morpholine rings is 1. The van der Waals surface area contributed by atoms with Gasteiger partial charge in [-0.15, -0.1) is 11.3 Å². The van der Waals surface area contributed by atoms with E-state index in [0.29, 0.717) is 12.5 Å². The molecule has 5 rings (SSSR count). The Hall–Kier alpha value is -1.68. The minimum absolute atomic E-state index is 0.0890. The van der Waals surface area contributed by atoms with Crippen LogP contribution in [0.2, 0.25) is 0 Å². The Morgan fingerprint density at radius 3 is 2.69 bits per heavy atom. The number of nitrogens with zero attached hydrogens (tertiary/aromatic N) is 4. The van der Waals surface area contributed by atoms with Gasteiger partial charge in [0.05, 0.1) is 37.0 Å².